The summed E-state index contributed by atoms with van der Waals surface area (Å²) in [5.74, 6) is -1.15. The Morgan fingerprint density at radius 1 is 0.901 bits per heavy atom. The fourth-order valence-electron chi connectivity index (χ4n) is 11.5. The van der Waals surface area contributed by atoms with Crippen LogP contribution in [0.15, 0.2) is 72.9 Å². The van der Waals surface area contributed by atoms with Gasteiger partial charge >= 0.3 is 6.03 Å². The van der Waals surface area contributed by atoms with Crippen molar-refractivity contribution in [3.8, 4) is 23.0 Å². The van der Waals surface area contributed by atoms with E-state index in [9.17, 15) is 34.8 Å². The zero-order valence-electron chi connectivity index (χ0n) is 45.8. The number of aryl methyl sites for hydroxylation is 1. The maximum Gasteiger partial charge on any atom is 0.315 e. The number of aliphatic hydroxyl groups is 4. The Bertz CT molecular complexity index is 2700. The lowest BCUT2D eigenvalue weighted by molar-refractivity contribution is -0.324. The van der Waals surface area contributed by atoms with Crippen LogP contribution in [0.5, 0.6) is 23.0 Å². The Kier molecular flexibility index (Phi) is 20.6. The van der Waals surface area contributed by atoms with Crippen molar-refractivity contribution in [2.75, 3.05) is 86.5 Å². The molecule has 0 radical (unpaired) electrons. The molecular formula is C56H75N7O17S. The molecule has 5 aliphatic rings. The van der Waals surface area contributed by atoms with Crippen LogP contribution in [-0.4, -0.2) is 188 Å². The quantitative estimate of drug-likeness (QED) is 0.0264. The number of nitrogens with zero attached hydrogens (tertiary/aromatic N) is 3. The highest BCUT2D eigenvalue weighted by atomic mass is 32.2. The van der Waals surface area contributed by atoms with Crippen LogP contribution in [0.2, 0.25) is 0 Å². The monoisotopic (exact) mass is 1150 g/mol. The topological polar surface area (TPSA) is 303 Å². The number of unbranched alkanes of at least 4 members (excludes halogenated alkanes) is 1. The number of nitrogens with one attached hydrogen (secondary N) is 4. The molecule has 3 aromatic carbocycles. The van der Waals surface area contributed by atoms with Gasteiger partial charge in [-0.3, -0.25) is 14.3 Å². The van der Waals surface area contributed by atoms with Crippen LogP contribution in [-0.2, 0) is 62.3 Å². The summed E-state index contributed by atoms with van der Waals surface area (Å²) in [7, 11) is 4.32. The first-order valence-electron chi connectivity index (χ1n) is 27.5. The van der Waals surface area contributed by atoms with Crippen LogP contribution in [0.3, 0.4) is 0 Å². The zero-order chi connectivity index (χ0) is 56.9. The SMILES string of the molecule is COc1ccc([C@@]23Oc4cc(O[C@@H]5O[C@@H]([C@@H](O)CO)CO[C@H]5OC)cc(OC)c4[C@]2(O)[C@H](O)[C@H](C(=O)NCc2cn(CCCOCCOCCOCCCNC(=O)CCCC[C@@H]4SC[C@@H]5NC(=O)N[C@@H]54)nn2)[C@H]3c2ccccc2)cc1. The standard InChI is InChI=1S/C56H75N7O17S/c1-71-37-17-15-35(16-18-37)56-47(34-11-5-4-6-12-34)46(50(67)55(56,70)48-41(72-2)27-38(28-42(48)80-56)78-53-52(73-3)77-32-43(79-53)40(65)31-64)51(68)58-29-36-30-63(62-61-36)20-10-22-75-24-26-76-25-23-74-21-9-19-57-45(66)14-8-7-13-44-49-39(33-81-44)59-54(69)60-49/h4-6,11-12,15-18,27-28,30,39-40,43-44,46-47,49-50,52-53,64-65,67,70H,7-10,13-14,19-26,29,31-33H2,1-3H3,(H,57,66)(H,58,68)(H2,59,60,69)/t39-,40-,43+,44-,46+,47+,49-,50+,52+,53+,55-,56-/m0/s1. The number of benzene rings is 3. The summed E-state index contributed by atoms with van der Waals surface area (Å²) in [5, 5.41) is 67.1. The van der Waals surface area contributed by atoms with Gasteiger partial charge in [-0.1, -0.05) is 54.1 Å². The number of methoxy groups -OCH3 is 3. The lowest BCUT2D eigenvalue weighted by Gasteiger charge is -2.40. The van der Waals surface area contributed by atoms with E-state index in [0.717, 1.165) is 25.0 Å². The lowest BCUT2D eigenvalue weighted by atomic mass is 9.70. The summed E-state index contributed by atoms with van der Waals surface area (Å²) in [6.45, 7) is 3.00. The molecule has 4 amide bonds. The summed E-state index contributed by atoms with van der Waals surface area (Å²) in [5.41, 5.74) is -2.67. The maximum atomic E-state index is 14.8. The van der Waals surface area contributed by atoms with Gasteiger partial charge in [-0.25, -0.2) is 4.79 Å². The number of ether oxygens (including phenoxy) is 10. The van der Waals surface area contributed by atoms with Gasteiger partial charge in [-0.2, -0.15) is 11.8 Å². The first-order chi connectivity index (χ1) is 39.4. The highest BCUT2D eigenvalue weighted by Gasteiger charge is 2.78. The number of carbonyl (C=O) groups is 3. The Hall–Kier alpha value is -5.84. The van der Waals surface area contributed by atoms with Crippen molar-refractivity contribution in [3.63, 3.8) is 0 Å². The number of amides is 4. The number of urea groups is 1. The second kappa shape index (κ2) is 28.0. The fraction of sp³-hybridized carbons (Fsp3) is 0.589. The fourth-order valence-corrected chi connectivity index (χ4v) is 13.0. The molecule has 442 valence electrons. The van der Waals surface area contributed by atoms with Crippen molar-refractivity contribution in [1.82, 2.24) is 36.3 Å². The van der Waals surface area contributed by atoms with Crippen molar-refractivity contribution in [3.05, 3.63) is 95.3 Å². The Morgan fingerprint density at radius 3 is 2.38 bits per heavy atom. The zero-order valence-corrected chi connectivity index (χ0v) is 46.6. The first kappa shape index (κ1) is 59.8. The maximum absolute atomic E-state index is 14.8. The third-order valence-corrected chi connectivity index (χ3v) is 16.9. The van der Waals surface area contributed by atoms with Crippen LogP contribution in [0.4, 0.5) is 4.79 Å². The predicted octanol–water partition coefficient (Wildman–Crippen LogP) is 1.98. The molecular weight excluding hydrogens is 1070 g/mol. The summed E-state index contributed by atoms with van der Waals surface area (Å²) < 4.78 is 60.6. The molecule has 8 N–H and O–H groups in total. The number of rotatable bonds is 31. The third kappa shape index (κ3) is 13.3. The van der Waals surface area contributed by atoms with Gasteiger partial charge in [0, 0.05) is 68.9 Å². The molecule has 9 rings (SSSR count). The highest BCUT2D eigenvalue weighted by Crippen LogP contribution is 2.70. The number of aliphatic hydroxyl groups excluding tert-OH is 3. The number of fused-ring (bicyclic) bond motifs is 4. The van der Waals surface area contributed by atoms with Gasteiger partial charge < -0.3 is 89.1 Å². The molecule has 81 heavy (non-hydrogen) atoms. The molecule has 12 atom stereocenters. The van der Waals surface area contributed by atoms with Crippen molar-refractivity contribution < 1.29 is 82.2 Å². The smallest absolute Gasteiger partial charge is 0.315 e. The van der Waals surface area contributed by atoms with Crippen molar-refractivity contribution in [1.29, 1.82) is 0 Å². The van der Waals surface area contributed by atoms with E-state index in [4.69, 9.17) is 47.4 Å². The van der Waals surface area contributed by atoms with Gasteiger partial charge in [0.25, 0.3) is 6.29 Å². The number of carbonyl (C=O) groups excluding carboxylic acids is 3. The molecule has 24 nitrogen and oxygen atoms in total. The summed E-state index contributed by atoms with van der Waals surface area (Å²) in [4.78, 5) is 38.6. The highest BCUT2D eigenvalue weighted by molar-refractivity contribution is 8.00. The van der Waals surface area contributed by atoms with Gasteiger partial charge in [0.1, 0.15) is 47.0 Å². The molecule has 4 fully saturated rings. The molecule has 25 heteroatoms. The van der Waals surface area contributed by atoms with E-state index in [2.05, 4.69) is 31.6 Å². The van der Waals surface area contributed by atoms with Crippen molar-refractivity contribution in [2.24, 2.45) is 5.92 Å². The third-order valence-electron chi connectivity index (χ3n) is 15.4. The number of thioether (sulfide) groups is 1. The van der Waals surface area contributed by atoms with Gasteiger partial charge in [-0.15, -0.1) is 5.10 Å². The molecule has 1 saturated carbocycles. The van der Waals surface area contributed by atoms with E-state index in [1.165, 1.54) is 33.5 Å². The second-order valence-corrected chi connectivity index (χ2v) is 21.8. The molecule has 1 aliphatic carbocycles. The molecule has 4 aliphatic heterocycles. The number of hydrogen-bond acceptors (Lipinski definition) is 20. The van der Waals surface area contributed by atoms with E-state index in [1.54, 1.807) is 47.3 Å². The minimum absolute atomic E-state index is 0.0389. The second-order valence-electron chi connectivity index (χ2n) is 20.5. The van der Waals surface area contributed by atoms with Gasteiger partial charge in [0.15, 0.2) is 11.2 Å². The van der Waals surface area contributed by atoms with Crippen molar-refractivity contribution in [2.45, 2.75) is 117 Å². The molecule has 0 spiro atoms. The summed E-state index contributed by atoms with van der Waals surface area (Å²) in [6, 6.07) is 19.3. The number of aromatic nitrogens is 3. The molecule has 4 aromatic rings. The molecule has 3 saturated heterocycles. The molecule has 0 bridgehead atoms. The van der Waals surface area contributed by atoms with Crippen LogP contribution in [0.25, 0.3) is 0 Å². The van der Waals surface area contributed by atoms with Crippen molar-refractivity contribution >= 4 is 29.6 Å². The van der Waals surface area contributed by atoms with Crippen LogP contribution < -0.4 is 40.2 Å². The predicted molar refractivity (Wildman–Crippen MR) is 291 cm³/mol. The van der Waals surface area contributed by atoms with Gasteiger partial charge in [0.05, 0.1) is 90.2 Å². The van der Waals surface area contributed by atoms with Gasteiger partial charge in [-0.05, 0) is 48.9 Å². The van der Waals surface area contributed by atoms with Crippen LogP contribution in [0.1, 0.15) is 66.8 Å². The van der Waals surface area contributed by atoms with E-state index in [0.29, 0.717) is 99.8 Å². The average molecular weight is 1150 g/mol. The van der Waals surface area contributed by atoms with E-state index in [1.807, 2.05) is 30.0 Å². The van der Waals surface area contributed by atoms with Crippen LogP contribution >= 0.6 is 11.8 Å². The molecule has 5 heterocycles. The molecule has 1 aromatic heterocycles. The van der Waals surface area contributed by atoms with Crippen LogP contribution in [0, 0.1) is 5.92 Å². The summed E-state index contributed by atoms with van der Waals surface area (Å²) in [6.07, 6.45) is 0.0585. The summed E-state index contributed by atoms with van der Waals surface area (Å²) >= 11 is 1.89. The lowest BCUT2D eigenvalue weighted by Crippen LogP contribution is -2.52. The normalized spacial score (nSPS) is 27.5. The minimum atomic E-state index is -2.34. The average Bonchev–Trinajstić information content (AvgIpc) is 1.62. The Morgan fingerprint density at radius 2 is 1.65 bits per heavy atom. The first-order valence-corrected chi connectivity index (χ1v) is 28.6. The van der Waals surface area contributed by atoms with E-state index < -0.39 is 66.4 Å². The number of hydrogen-bond donors (Lipinski definition) is 8. The minimum Gasteiger partial charge on any atom is -0.497 e. The van der Waals surface area contributed by atoms with Gasteiger partial charge in [0.2, 0.25) is 18.1 Å². The largest absolute Gasteiger partial charge is 0.497 e. The Labute approximate surface area is 474 Å². The van der Waals surface area contributed by atoms with E-state index >= 15 is 0 Å². The van der Waals surface area contributed by atoms with E-state index in [-0.39, 0.29) is 60.0 Å². The Balaban J connectivity index is 0.741. The molecule has 0 unspecified atom stereocenters.